The molecule has 0 fully saturated rings. The molecule has 0 saturated carbocycles. The third-order valence-electron chi connectivity index (χ3n) is 14.6. The number of imide groups is 2. The number of hydrogen-bond donors (Lipinski definition) is 0. The number of carbonyl (C=O) groups excluding carboxylic acids is 4. The molecule has 0 N–H and O–H groups in total. The second-order valence-corrected chi connectivity index (χ2v) is 23.4. The molecule has 0 saturated heterocycles. The fourth-order valence-corrected chi connectivity index (χ4v) is 10.6. The molecule has 0 atom stereocenters. The van der Waals surface area contributed by atoms with Gasteiger partial charge >= 0.3 is 0 Å². The van der Waals surface area contributed by atoms with Crippen LogP contribution in [0.3, 0.4) is 0 Å². The largest absolute Gasteiger partial charge is 0.308 e. The van der Waals surface area contributed by atoms with Crippen LogP contribution in [-0.2, 0) is 21.7 Å². The fraction of sp³-hybridized carbons (Fsp3) is 0.258. The summed E-state index contributed by atoms with van der Waals surface area (Å²) in [7, 11) is 0. The quantitative estimate of drug-likeness (QED) is 0.165. The van der Waals surface area contributed by atoms with Crippen LogP contribution < -0.4 is 9.80 Å². The van der Waals surface area contributed by atoms with Crippen LogP contribution in [0.2, 0.25) is 0 Å². The Morgan fingerprint density at radius 3 is 0.843 bits per heavy atom. The van der Waals surface area contributed by atoms with Gasteiger partial charge in [0.2, 0.25) is 0 Å². The monoisotopic (exact) mass is 922 g/mol. The minimum Gasteiger partial charge on any atom is -0.308 e. The first kappa shape index (κ1) is 44.9. The lowest BCUT2D eigenvalue weighted by atomic mass is 9.85. The first-order chi connectivity index (χ1) is 32.9. The van der Waals surface area contributed by atoms with Crippen LogP contribution in [0.15, 0.2) is 133 Å². The van der Waals surface area contributed by atoms with Gasteiger partial charge in [-0.15, -0.1) is 0 Å². The number of carbonyl (C=O) groups is 4. The van der Waals surface area contributed by atoms with Crippen molar-refractivity contribution in [2.45, 2.75) is 105 Å². The van der Waals surface area contributed by atoms with Crippen LogP contribution in [0.25, 0.3) is 55.0 Å². The average molecular weight is 923 g/mol. The molecule has 9 aromatic rings. The zero-order valence-corrected chi connectivity index (χ0v) is 42.1. The van der Waals surface area contributed by atoms with Crippen molar-refractivity contribution in [3.05, 3.63) is 178 Å². The van der Waals surface area contributed by atoms with Crippen molar-refractivity contribution < 1.29 is 19.2 Å². The van der Waals surface area contributed by atoms with Crippen molar-refractivity contribution in [3.8, 4) is 11.4 Å². The molecule has 0 aliphatic carbocycles. The summed E-state index contributed by atoms with van der Waals surface area (Å²) >= 11 is 0. The third kappa shape index (κ3) is 6.70. The highest BCUT2D eigenvalue weighted by molar-refractivity contribution is 6.37. The van der Waals surface area contributed by atoms with Crippen molar-refractivity contribution in [2.24, 2.45) is 0 Å². The Morgan fingerprint density at radius 1 is 0.314 bits per heavy atom. The molecule has 0 bridgehead atoms. The van der Waals surface area contributed by atoms with Crippen LogP contribution in [0.4, 0.5) is 11.4 Å². The van der Waals surface area contributed by atoms with Gasteiger partial charge in [0.05, 0.1) is 67.1 Å². The minimum atomic E-state index is -0.447. The van der Waals surface area contributed by atoms with E-state index in [1.165, 1.54) is 32.1 Å². The Morgan fingerprint density at radius 2 is 0.586 bits per heavy atom. The molecular formula is C62H58N4O4. The molecule has 0 unspecified atom stereocenters. The lowest BCUT2D eigenvalue weighted by Crippen LogP contribution is -2.31. The summed E-state index contributed by atoms with van der Waals surface area (Å²) in [5, 5.41) is 4.32. The van der Waals surface area contributed by atoms with Gasteiger partial charge < -0.3 is 9.13 Å². The maximum Gasteiger partial charge on any atom is 0.268 e. The molecule has 4 heterocycles. The Kier molecular flexibility index (Phi) is 9.60. The highest BCUT2D eigenvalue weighted by atomic mass is 16.2. The third-order valence-corrected chi connectivity index (χ3v) is 14.6. The highest BCUT2D eigenvalue weighted by Gasteiger charge is 2.42. The zero-order valence-electron chi connectivity index (χ0n) is 42.1. The van der Waals surface area contributed by atoms with Crippen LogP contribution in [0, 0.1) is 0 Å². The summed E-state index contributed by atoms with van der Waals surface area (Å²) in [5.41, 5.74) is 11.4. The first-order valence-electron chi connectivity index (χ1n) is 24.3. The molecule has 2 aliphatic heterocycles. The van der Waals surface area contributed by atoms with E-state index in [4.69, 9.17) is 0 Å². The molecule has 8 nitrogen and oxygen atoms in total. The van der Waals surface area contributed by atoms with Crippen molar-refractivity contribution >= 4 is 78.6 Å². The second-order valence-electron chi connectivity index (χ2n) is 23.4. The van der Waals surface area contributed by atoms with Crippen molar-refractivity contribution in [2.75, 3.05) is 9.80 Å². The van der Waals surface area contributed by atoms with Gasteiger partial charge in [-0.25, -0.2) is 9.80 Å². The predicted octanol–water partition coefficient (Wildman–Crippen LogP) is 14.7. The minimum absolute atomic E-state index is 0.0829. The van der Waals surface area contributed by atoms with Gasteiger partial charge in [-0.05, 0) is 141 Å². The van der Waals surface area contributed by atoms with E-state index in [2.05, 4.69) is 165 Å². The first-order valence-corrected chi connectivity index (χ1v) is 24.3. The molecule has 2 aliphatic rings. The Labute approximate surface area is 409 Å². The van der Waals surface area contributed by atoms with Gasteiger partial charge in [0.25, 0.3) is 23.6 Å². The van der Waals surface area contributed by atoms with E-state index in [0.29, 0.717) is 45.0 Å². The van der Waals surface area contributed by atoms with Gasteiger partial charge in [0.1, 0.15) is 0 Å². The Bertz CT molecular complexity index is 3390. The van der Waals surface area contributed by atoms with E-state index in [-0.39, 0.29) is 21.7 Å². The summed E-state index contributed by atoms with van der Waals surface area (Å²) < 4.78 is 4.23. The maximum atomic E-state index is 14.8. The number of fused-ring (bicyclic) bond motifs is 8. The average Bonchev–Trinajstić information content (AvgIpc) is 3.98. The van der Waals surface area contributed by atoms with Crippen molar-refractivity contribution in [3.63, 3.8) is 0 Å². The molecule has 2 aromatic heterocycles. The lowest BCUT2D eigenvalue weighted by molar-refractivity contribution is 0.0909. The highest BCUT2D eigenvalue weighted by Crippen LogP contribution is 2.43. The molecule has 8 heteroatoms. The van der Waals surface area contributed by atoms with E-state index in [1.54, 1.807) is 36.4 Å². The SMILES string of the molecule is CC(C)(C)c1ccc2c(c1)c1cc(C(C)(C)C)ccc1n2-c1cccc2c1C(=O)N(c1ccc(N3C(=O)c4cccc(-n5c6ccc(C(C)(C)C)cc6c6cc(C(C)(C)C)ccc65)c4C3=O)cc1)C2=O. The number of hydrogen-bond acceptors (Lipinski definition) is 4. The van der Waals surface area contributed by atoms with Gasteiger partial charge in [0, 0.05) is 21.5 Å². The Balaban J connectivity index is 0.965. The maximum absolute atomic E-state index is 14.8. The fourth-order valence-electron chi connectivity index (χ4n) is 10.6. The van der Waals surface area contributed by atoms with Gasteiger partial charge in [-0.3, -0.25) is 19.2 Å². The molecule has 11 rings (SSSR count). The van der Waals surface area contributed by atoms with Crippen LogP contribution >= 0.6 is 0 Å². The molecule has 350 valence electrons. The van der Waals surface area contributed by atoms with E-state index in [0.717, 1.165) is 43.6 Å². The normalized spacial score (nSPS) is 14.6. The zero-order chi connectivity index (χ0) is 49.7. The molecule has 7 aromatic carbocycles. The number of aromatic nitrogens is 2. The van der Waals surface area contributed by atoms with Gasteiger partial charge in [-0.2, -0.15) is 0 Å². The number of nitrogens with zero attached hydrogens (tertiary/aromatic N) is 4. The van der Waals surface area contributed by atoms with Gasteiger partial charge in [-0.1, -0.05) is 119 Å². The number of rotatable bonds is 4. The number of amides is 4. The second kappa shape index (κ2) is 15.0. The summed E-state index contributed by atoms with van der Waals surface area (Å²) in [6.07, 6.45) is 0. The van der Waals surface area contributed by atoms with E-state index in [9.17, 15) is 19.2 Å². The van der Waals surface area contributed by atoms with Crippen LogP contribution in [0.5, 0.6) is 0 Å². The summed E-state index contributed by atoms with van der Waals surface area (Å²) in [4.78, 5) is 60.8. The molecule has 0 spiro atoms. The van der Waals surface area contributed by atoms with Crippen molar-refractivity contribution in [1.82, 2.24) is 9.13 Å². The lowest BCUT2D eigenvalue weighted by Gasteiger charge is -2.19. The molecule has 0 radical (unpaired) electrons. The topological polar surface area (TPSA) is 84.6 Å². The van der Waals surface area contributed by atoms with Crippen molar-refractivity contribution in [1.29, 1.82) is 0 Å². The smallest absolute Gasteiger partial charge is 0.268 e. The summed E-state index contributed by atoms with van der Waals surface area (Å²) in [6, 6.07) is 43.6. The number of benzene rings is 7. The van der Waals surface area contributed by atoms with Crippen LogP contribution in [-0.4, -0.2) is 32.8 Å². The summed E-state index contributed by atoms with van der Waals surface area (Å²) in [5.74, 6) is -1.78. The van der Waals surface area contributed by atoms with E-state index < -0.39 is 23.6 Å². The van der Waals surface area contributed by atoms with Gasteiger partial charge in [0.15, 0.2) is 0 Å². The van der Waals surface area contributed by atoms with E-state index >= 15 is 0 Å². The van der Waals surface area contributed by atoms with Crippen LogP contribution in [0.1, 0.15) is 147 Å². The standard InChI is InChI=1S/C62H58N4O4/c1-59(2,3)35-19-27-47-43(31-35)44-32-36(60(4,5)6)20-28-48(44)65(47)51-17-13-15-41-53(51)57(69)63(55(41)67)39-23-25-40(26-24-39)64-56(68)42-16-14-18-52(54(42)58(64)70)66-49-29-21-37(61(7,8)9)33-45(49)46-34-38(62(10,11)12)22-30-50(46)66/h13-34H,1-12H3. The Hall–Kier alpha value is -7.58. The molecular weight excluding hydrogens is 865 g/mol. The summed E-state index contributed by atoms with van der Waals surface area (Å²) in [6.45, 7) is 26.5. The molecule has 70 heavy (non-hydrogen) atoms. The molecule has 4 amide bonds. The number of anilines is 2. The van der Waals surface area contributed by atoms with E-state index in [1.807, 2.05) is 24.3 Å². The predicted molar refractivity (Wildman–Crippen MR) is 285 cm³/mol.